The highest BCUT2D eigenvalue weighted by atomic mass is 16.2. The smallest absolute Gasteiger partial charge is 0.289 e. The molecule has 1 atom stereocenters. The fourth-order valence-corrected chi connectivity index (χ4v) is 1.36. The number of rotatable bonds is 3. The van der Waals surface area contributed by atoms with E-state index in [4.69, 9.17) is 5.73 Å². The second-order valence-electron chi connectivity index (χ2n) is 3.52. The second kappa shape index (κ2) is 4.60. The molecule has 0 saturated carbocycles. The van der Waals surface area contributed by atoms with Gasteiger partial charge < -0.3 is 11.1 Å². The maximum atomic E-state index is 11.7. The highest BCUT2D eigenvalue weighted by Crippen LogP contribution is 2.10. The molecule has 2 heterocycles. The molecule has 2 rings (SSSR count). The first kappa shape index (κ1) is 11.1. The van der Waals surface area contributed by atoms with Gasteiger partial charge in [0.2, 0.25) is 11.8 Å². The van der Waals surface area contributed by atoms with Crippen molar-refractivity contribution in [3.63, 3.8) is 0 Å². The van der Waals surface area contributed by atoms with E-state index >= 15 is 0 Å². The Kier molecular flexibility index (Phi) is 2.99. The van der Waals surface area contributed by atoms with Gasteiger partial charge in [0.05, 0.1) is 6.04 Å². The molecule has 0 saturated heterocycles. The molecule has 0 spiro atoms. The Balaban J connectivity index is 2.04. The van der Waals surface area contributed by atoms with Crippen LogP contribution in [0.5, 0.6) is 0 Å². The third-order valence-electron chi connectivity index (χ3n) is 2.25. The number of aromatic amines is 1. The number of aromatic nitrogens is 4. The lowest BCUT2D eigenvalue weighted by molar-refractivity contribution is 0.0930. The van der Waals surface area contributed by atoms with E-state index in [9.17, 15) is 4.79 Å². The Bertz CT molecular complexity index is 509. The standard InChI is InChI=1S/C10H12N6O/c1-6(7-3-2-4-12-5-7)13-9(17)8-14-10(11)16-15-8/h2-6H,1H3,(H,13,17)(H3,11,14,15,16)/t6-/m1/s1. The number of carbonyl (C=O) groups excluding carboxylic acids is 1. The Morgan fingerprint density at radius 1 is 1.59 bits per heavy atom. The number of hydrogen-bond acceptors (Lipinski definition) is 5. The number of carbonyl (C=O) groups is 1. The molecule has 7 heteroatoms. The first-order chi connectivity index (χ1) is 8.16. The number of anilines is 1. The molecule has 0 aliphatic carbocycles. The van der Waals surface area contributed by atoms with Crippen LogP contribution in [0.4, 0.5) is 5.95 Å². The van der Waals surface area contributed by atoms with Crippen LogP contribution in [0, 0.1) is 0 Å². The third-order valence-corrected chi connectivity index (χ3v) is 2.25. The molecular weight excluding hydrogens is 220 g/mol. The summed E-state index contributed by atoms with van der Waals surface area (Å²) >= 11 is 0. The normalized spacial score (nSPS) is 12.1. The van der Waals surface area contributed by atoms with Crippen molar-refractivity contribution in [1.82, 2.24) is 25.5 Å². The molecular formula is C10H12N6O. The number of nitrogen functional groups attached to an aromatic ring is 1. The summed E-state index contributed by atoms with van der Waals surface area (Å²) in [6.45, 7) is 1.86. The summed E-state index contributed by atoms with van der Waals surface area (Å²) in [4.78, 5) is 19.4. The van der Waals surface area contributed by atoms with E-state index in [1.54, 1.807) is 12.4 Å². The predicted molar refractivity (Wildman–Crippen MR) is 60.9 cm³/mol. The van der Waals surface area contributed by atoms with E-state index in [2.05, 4.69) is 25.5 Å². The molecule has 2 aromatic heterocycles. The van der Waals surface area contributed by atoms with Crippen molar-refractivity contribution in [3.8, 4) is 0 Å². The lowest BCUT2D eigenvalue weighted by atomic mass is 10.1. The zero-order chi connectivity index (χ0) is 12.3. The lowest BCUT2D eigenvalue weighted by Gasteiger charge is -2.12. The van der Waals surface area contributed by atoms with Gasteiger partial charge in [-0.3, -0.25) is 14.9 Å². The van der Waals surface area contributed by atoms with Crippen LogP contribution in [-0.4, -0.2) is 26.1 Å². The summed E-state index contributed by atoms with van der Waals surface area (Å²) < 4.78 is 0. The van der Waals surface area contributed by atoms with Gasteiger partial charge in [-0.1, -0.05) is 6.07 Å². The molecule has 0 unspecified atom stereocenters. The zero-order valence-electron chi connectivity index (χ0n) is 9.21. The van der Waals surface area contributed by atoms with E-state index in [0.717, 1.165) is 5.56 Å². The van der Waals surface area contributed by atoms with Gasteiger partial charge in [0.25, 0.3) is 5.91 Å². The fraction of sp³-hybridized carbons (Fsp3) is 0.200. The maximum absolute atomic E-state index is 11.7. The quantitative estimate of drug-likeness (QED) is 0.703. The van der Waals surface area contributed by atoms with Crippen molar-refractivity contribution in [3.05, 3.63) is 35.9 Å². The summed E-state index contributed by atoms with van der Waals surface area (Å²) in [5.74, 6) is -0.215. The summed E-state index contributed by atoms with van der Waals surface area (Å²) in [6.07, 6.45) is 3.37. The van der Waals surface area contributed by atoms with Crippen molar-refractivity contribution in [1.29, 1.82) is 0 Å². The number of nitrogens with zero attached hydrogens (tertiary/aromatic N) is 3. The van der Waals surface area contributed by atoms with E-state index in [1.165, 1.54) is 0 Å². The van der Waals surface area contributed by atoms with Crippen LogP contribution >= 0.6 is 0 Å². The average Bonchev–Trinajstić information content (AvgIpc) is 2.77. The molecule has 0 bridgehead atoms. The maximum Gasteiger partial charge on any atom is 0.289 e. The van der Waals surface area contributed by atoms with Gasteiger partial charge in [0, 0.05) is 12.4 Å². The zero-order valence-corrected chi connectivity index (χ0v) is 9.21. The van der Waals surface area contributed by atoms with Gasteiger partial charge in [0.1, 0.15) is 0 Å². The lowest BCUT2D eigenvalue weighted by Crippen LogP contribution is -2.27. The molecule has 7 nitrogen and oxygen atoms in total. The Morgan fingerprint density at radius 2 is 2.41 bits per heavy atom. The fourth-order valence-electron chi connectivity index (χ4n) is 1.36. The van der Waals surface area contributed by atoms with Crippen molar-refractivity contribution < 1.29 is 4.79 Å². The number of nitrogens with one attached hydrogen (secondary N) is 2. The molecule has 0 fully saturated rings. The summed E-state index contributed by atoms with van der Waals surface area (Å²) in [7, 11) is 0. The van der Waals surface area contributed by atoms with Crippen molar-refractivity contribution in [2.75, 3.05) is 5.73 Å². The van der Waals surface area contributed by atoms with Crippen LogP contribution in [0.1, 0.15) is 29.1 Å². The second-order valence-corrected chi connectivity index (χ2v) is 3.52. The van der Waals surface area contributed by atoms with Gasteiger partial charge in [-0.2, -0.15) is 4.98 Å². The minimum Gasteiger partial charge on any atom is -0.366 e. The Labute approximate surface area is 97.5 Å². The molecule has 0 aliphatic heterocycles. The van der Waals surface area contributed by atoms with Crippen molar-refractivity contribution >= 4 is 11.9 Å². The van der Waals surface area contributed by atoms with E-state index < -0.39 is 0 Å². The van der Waals surface area contributed by atoms with Crippen molar-refractivity contribution in [2.24, 2.45) is 0 Å². The van der Waals surface area contributed by atoms with Crippen LogP contribution in [0.25, 0.3) is 0 Å². The SMILES string of the molecule is C[C@@H](NC(=O)c1nc(N)n[nH]1)c1cccnc1. The molecule has 17 heavy (non-hydrogen) atoms. The Hall–Kier alpha value is -2.44. The third kappa shape index (κ3) is 2.57. The van der Waals surface area contributed by atoms with E-state index in [0.29, 0.717) is 0 Å². The molecule has 0 aliphatic rings. The minimum absolute atomic E-state index is 0.0455. The average molecular weight is 232 g/mol. The molecule has 88 valence electrons. The van der Waals surface area contributed by atoms with Crippen LogP contribution in [0.3, 0.4) is 0 Å². The monoisotopic (exact) mass is 232 g/mol. The minimum atomic E-state index is -0.356. The summed E-state index contributed by atoms with van der Waals surface area (Å²) in [5.41, 5.74) is 6.23. The molecule has 0 aromatic carbocycles. The molecule has 4 N–H and O–H groups in total. The van der Waals surface area contributed by atoms with E-state index in [1.807, 2.05) is 19.1 Å². The van der Waals surface area contributed by atoms with Crippen LogP contribution in [0.2, 0.25) is 0 Å². The van der Waals surface area contributed by atoms with E-state index in [-0.39, 0.29) is 23.7 Å². The summed E-state index contributed by atoms with van der Waals surface area (Å²) in [5, 5.41) is 8.79. The van der Waals surface area contributed by atoms with Gasteiger partial charge >= 0.3 is 0 Å². The van der Waals surface area contributed by atoms with Crippen LogP contribution < -0.4 is 11.1 Å². The number of amides is 1. The predicted octanol–water partition coefficient (Wildman–Crippen LogP) is 0.273. The molecule has 2 aromatic rings. The van der Waals surface area contributed by atoms with Gasteiger partial charge in [0.15, 0.2) is 0 Å². The van der Waals surface area contributed by atoms with Gasteiger partial charge in [-0.15, -0.1) is 5.10 Å². The highest BCUT2D eigenvalue weighted by Gasteiger charge is 2.14. The van der Waals surface area contributed by atoms with Crippen LogP contribution in [-0.2, 0) is 0 Å². The summed E-state index contributed by atoms with van der Waals surface area (Å²) in [6, 6.07) is 3.53. The number of nitrogens with two attached hydrogens (primary N) is 1. The number of H-pyrrole nitrogens is 1. The van der Waals surface area contributed by atoms with Crippen LogP contribution in [0.15, 0.2) is 24.5 Å². The van der Waals surface area contributed by atoms with Gasteiger partial charge in [-0.05, 0) is 18.6 Å². The molecule has 0 radical (unpaired) electrons. The van der Waals surface area contributed by atoms with Crippen molar-refractivity contribution in [2.45, 2.75) is 13.0 Å². The highest BCUT2D eigenvalue weighted by molar-refractivity contribution is 5.90. The Morgan fingerprint density at radius 3 is 3.00 bits per heavy atom. The first-order valence-electron chi connectivity index (χ1n) is 5.05. The largest absolute Gasteiger partial charge is 0.366 e. The number of pyridine rings is 1. The first-order valence-corrected chi connectivity index (χ1v) is 5.05. The van der Waals surface area contributed by atoms with Gasteiger partial charge in [-0.25, -0.2) is 0 Å². The number of hydrogen-bond donors (Lipinski definition) is 3. The molecule has 1 amide bonds. The topological polar surface area (TPSA) is 110 Å².